The molecule has 0 aliphatic carbocycles. The molecule has 0 saturated heterocycles. The Morgan fingerprint density at radius 3 is 0.816 bits per heavy atom. The summed E-state index contributed by atoms with van der Waals surface area (Å²) in [5.74, 6) is -2.18. The number of aliphatic hydroxyl groups excluding tert-OH is 1. The Balaban J connectivity index is 5.32. The normalized spacial score (nSPS) is 14.4. The molecule has 0 bridgehead atoms. The standard InChI is InChI=1S/C79H140O17P2/c1-5-9-13-17-21-25-29-32-34-35-36-37-39-41-45-48-52-56-60-64-77(82)90-70-75(96-79(84)66-62-58-54-50-46-42-38-33-30-26-22-18-14-10-6-2)72-94-98(87,88)92-68-73(80)67-91-97(85,86)93-71-74(95-78(83)65-61-57-53-49-43-28-24-20-16-12-8-4)69-89-76(81)63-59-55-51-47-44-40-31-27-23-19-15-11-7-3/h9-10,13-14,21-22,25-26,32-34,36-38,73-75,80H,5-8,11-12,15-20,23-24,27-31,35,39-72H2,1-4H3,(H,85,86)(H,87,88)/b13-9-,14-10-,25-21-,26-22-,34-32-,37-36-,38-33-. The number of ether oxygens (including phenoxy) is 4. The third kappa shape index (κ3) is 70.7. The maximum atomic E-state index is 13.1. The molecule has 0 saturated carbocycles. The van der Waals surface area contributed by atoms with Gasteiger partial charge >= 0.3 is 39.5 Å². The number of hydrogen-bond donors (Lipinski definition) is 3. The highest BCUT2D eigenvalue weighted by Gasteiger charge is 2.30. The van der Waals surface area contributed by atoms with E-state index in [1.54, 1.807) is 0 Å². The minimum Gasteiger partial charge on any atom is -0.462 e. The molecule has 19 heteroatoms. The molecule has 0 radical (unpaired) electrons. The van der Waals surface area contributed by atoms with Crippen molar-refractivity contribution in [1.82, 2.24) is 0 Å². The zero-order valence-electron chi connectivity index (χ0n) is 62.0. The van der Waals surface area contributed by atoms with Crippen molar-refractivity contribution >= 4 is 39.5 Å². The molecule has 0 fully saturated rings. The van der Waals surface area contributed by atoms with Crippen LogP contribution in [0.25, 0.3) is 0 Å². The van der Waals surface area contributed by atoms with Gasteiger partial charge in [-0.05, 0) is 96.3 Å². The van der Waals surface area contributed by atoms with E-state index < -0.39 is 97.5 Å². The summed E-state index contributed by atoms with van der Waals surface area (Å²) in [4.78, 5) is 72.8. The van der Waals surface area contributed by atoms with E-state index in [1.165, 1.54) is 96.3 Å². The summed E-state index contributed by atoms with van der Waals surface area (Å²) in [7, 11) is -9.94. The molecule has 0 rings (SSSR count). The molecular weight excluding hydrogens is 1280 g/mol. The Hall–Kier alpha value is -3.76. The number of carbonyl (C=O) groups is 4. The van der Waals surface area contributed by atoms with Crippen LogP contribution in [0.2, 0.25) is 0 Å². The number of esters is 4. The Kier molecular flexibility index (Phi) is 68.9. The third-order valence-corrected chi connectivity index (χ3v) is 18.3. The van der Waals surface area contributed by atoms with Crippen molar-refractivity contribution in [2.75, 3.05) is 39.6 Å². The minimum absolute atomic E-state index is 0.0732. The maximum Gasteiger partial charge on any atom is 0.472 e. The summed E-state index contributed by atoms with van der Waals surface area (Å²) >= 11 is 0. The first-order chi connectivity index (χ1) is 47.7. The molecule has 5 atom stereocenters. The van der Waals surface area contributed by atoms with E-state index in [-0.39, 0.29) is 25.7 Å². The smallest absolute Gasteiger partial charge is 0.462 e. The van der Waals surface area contributed by atoms with Gasteiger partial charge in [0.25, 0.3) is 0 Å². The van der Waals surface area contributed by atoms with Gasteiger partial charge in [-0.2, -0.15) is 0 Å². The predicted octanol–water partition coefficient (Wildman–Crippen LogP) is 22.2. The van der Waals surface area contributed by atoms with Crippen LogP contribution in [0.15, 0.2) is 85.1 Å². The van der Waals surface area contributed by atoms with E-state index in [1.807, 2.05) is 0 Å². The van der Waals surface area contributed by atoms with Gasteiger partial charge in [0, 0.05) is 25.7 Å². The second kappa shape index (κ2) is 71.6. The van der Waals surface area contributed by atoms with Crippen molar-refractivity contribution in [2.45, 2.75) is 354 Å². The van der Waals surface area contributed by atoms with Gasteiger partial charge in [0.05, 0.1) is 26.4 Å². The van der Waals surface area contributed by atoms with Crippen LogP contribution in [0, 0.1) is 0 Å². The molecule has 0 aromatic carbocycles. The number of hydrogen-bond acceptors (Lipinski definition) is 15. The fourth-order valence-corrected chi connectivity index (χ4v) is 12.1. The summed E-state index contributed by atoms with van der Waals surface area (Å²) in [5, 5.41) is 10.6. The van der Waals surface area contributed by atoms with Crippen molar-refractivity contribution in [3.8, 4) is 0 Å². The van der Waals surface area contributed by atoms with E-state index in [9.17, 15) is 43.2 Å². The average molecular weight is 1420 g/mol. The fourth-order valence-electron chi connectivity index (χ4n) is 10.5. The molecule has 0 amide bonds. The van der Waals surface area contributed by atoms with Gasteiger partial charge < -0.3 is 33.8 Å². The molecule has 0 aromatic rings. The minimum atomic E-state index is -4.98. The lowest BCUT2D eigenvalue weighted by atomic mass is 10.0. The van der Waals surface area contributed by atoms with Crippen LogP contribution >= 0.6 is 15.6 Å². The van der Waals surface area contributed by atoms with Gasteiger partial charge in [0.15, 0.2) is 12.2 Å². The summed E-state index contributed by atoms with van der Waals surface area (Å²) < 4.78 is 68.5. The molecule has 98 heavy (non-hydrogen) atoms. The van der Waals surface area contributed by atoms with Crippen LogP contribution < -0.4 is 0 Å². The van der Waals surface area contributed by atoms with Crippen molar-refractivity contribution in [2.24, 2.45) is 0 Å². The second-order valence-corrected chi connectivity index (χ2v) is 28.8. The molecule has 0 heterocycles. The molecule has 0 aliphatic heterocycles. The summed E-state index contributed by atoms with van der Waals surface area (Å²) in [5.41, 5.74) is 0. The molecule has 0 spiro atoms. The number of unbranched alkanes of at least 4 members (excludes halogenated alkanes) is 33. The first-order valence-corrected chi connectivity index (χ1v) is 41.8. The monoisotopic (exact) mass is 1420 g/mol. The molecule has 17 nitrogen and oxygen atoms in total. The Morgan fingerprint density at radius 1 is 0.296 bits per heavy atom. The zero-order chi connectivity index (χ0) is 71.8. The van der Waals surface area contributed by atoms with Gasteiger partial charge in [0.2, 0.25) is 0 Å². The SMILES string of the molecule is CC/C=C\C/C=C\C/C=C\C/C=C\CCCCCCCCC(=O)OCC(COP(=O)(O)OCC(O)COP(=O)(O)OCC(COC(=O)CCCCCCCCCCCCCCC)OC(=O)CCCCCCCCCCCCC)OC(=O)CCCCCCC/C=C\C/C=C\C/C=C\CC. The molecule has 0 aliphatic rings. The van der Waals surface area contributed by atoms with Gasteiger partial charge in [-0.3, -0.25) is 37.3 Å². The Labute approximate surface area is 595 Å². The van der Waals surface area contributed by atoms with Crippen LogP contribution in [0.3, 0.4) is 0 Å². The summed E-state index contributed by atoms with van der Waals surface area (Å²) in [6, 6.07) is 0. The fraction of sp³-hybridized carbons (Fsp3) is 0.772. The van der Waals surface area contributed by atoms with Gasteiger partial charge in [-0.15, -0.1) is 0 Å². The number of phosphoric acid groups is 2. The molecular formula is C79H140O17P2. The summed E-state index contributed by atoms with van der Waals surface area (Å²) in [6.45, 7) is 4.65. The highest BCUT2D eigenvalue weighted by Crippen LogP contribution is 2.45. The van der Waals surface area contributed by atoms with Crippen molar-refractivity contribution in [1.29, 1.82) is 0 Å². The van der Waals surface area contributed by atoms with E-state index in [0.717, 1.165) is 161 Å². The van der Waals surface area contributed by atoms with Crippen LogP contribution in [-0.4, -0.2) is 96.7 Å². The topological polar surface area (TPSA) is 237 Å². The van der Waals surface area contributed by atoms with Crippen LogP contribution in [0.5, 0.6) is 0 Å². The van der Waals surface area contributed by atoms with Gasteiger partial charge in [0.1, 0.15) is 19.3 Å². The number of aliphatic hydroxyl groups is 1. The highest BCUT2D eigenvalue weighted by molar-refractivity contribution is 7.47. The second-order valence-electron chi connectivity index (χ2n) is 25.9. The van der Waals surface area contributed by atoms with Gasteiger partial charge in [-0.25, -0.2) is 9.13 Å². The average Bonchev–Trinajstić information content (AvgIpc) is 0.992. The maximum absolute atomic E-state index is 13.1. The van der Waals surface area contributed by atoms with E-state index in [2.05, 4.69) is 113 Å². The first kappa shape index (κ1) is 94.2. The predicted molar refractivity (Wildman–Crippen MR) is 399 cm³/mol. The zero-order valence-corrected chi connectivity index (χ0v) is 63.7. The largest absolute Gasteiger partial charge is 0.472 e. The summed E-state index contributed by atoms with van der Waals surface area (Å²) in [6.07, 6.45) is 72.8. The van der Waals surface area contributed by atoms with E-state index >= 15 is 0 Å². The Morgan fingerprint density at radius 2 is 0.531 bits per heavy atom. The lowest BCUT2D eigenvalue weighted by Crippen LogP contribution is -2.30. The first-order valence-electron chi connectivity index (χ1n) is 38.8. The number of rotatable bonds is 73. The van der Waals surface area contributed by atoms with Crippen LogP contribution in [-0.2, 0) is 65.4 Å². The van der Waals surface area contributed by atoms with Crippen LogP contribution in [0.4, 0.5) is 0 Å². The van der Waals surface area contributed by atoms with Gasteiger partial charge in [-0.1, -0.05) is 299 Å². The number of carbonyl (C=O) groups excluding carboxylic acids is 4. The molecule has 568 valence electrons. The van der Waals surface area contributed by atoms with E-state index in [4.69, 9.17) is 37.0 Å². The third-order valence-electron chi connectivity index (χ3n) is 16.4. The molecule has 5 unspecified atom stereocenters. The lowest BCUT2D eigenvalue weighted by molar-refractivity contribution is -0.161. The Bertz CT molecular complexity index is 2190. The highest BCUT2D eigenvalue weighted by atomic mass is 31.2. The van der Waals surface area contributed by atoms with E-state index in [0.29, 0.717) is 25.7 Å². The molecule has 3 N–H and O–H groups in total. The molecule has 0 aromatic heterocycles. The van der Waals surface area contributed by atoms with Crippen LogP contribution in [0.1, 0.15) is 336 Å². The quantitative estimate of drug-likeness (QED) is 0.0169. The number of allylic oxidation sites excluding steroid dienone is 14. The van der Waals surface area contributed by atoms with Crippen molar-refractivity contribution in [3.63, 3.8) is 0 Å². The number of phosphoric ester groups is 2. The van der Waals surface area contributed by atoms with Crippen molar-refractivity contribution < 1.29 is 80.2 Å². The van der Waals surface area contributed by atoms with Crippen molar-refractivity contribution in [3.05, 3.63) is 85.1 Å². The lowest BCUT2D eigenvalue weighted by Gasteiger charge is -2.21.